The van der Waals surface area contributed by atoms with Crippen LogP contribution in [-0.4, -0.2) is 22.1 Å². The van der Waals surface area contributed by atoms with Crippen molar-refractivity contribution in [1.29, 1.82) is 0 Å². The van der Waals surface area contributed by atoms with E-state index in [1.165, 1.54) is 0 Å². The summed E-state index contributed by atoms with van der Waals surface area (Å²) in [6, 6.07) is 3.70. The molecule has 0 amide bonds. The standard InChI is InChI=1S/C9H11N3O2/c10-6-3-4-7(11-5-1-2-5)12-8(6)9(13)14/h3-5H,1-2,10H2,(H,11,12)(H,13,14). The van der Waals surface area contributed by atoms with Crippen LogP contribution in [0.4, 0.5) is 11.5 Å². The van der Waals surface area contributed by atoms with Gasteiger partial charge in [0.05, 0.1) is 5.69 Å². The quantitative estimate of drug-likeness (QED) is 0.664. The summed E-state index contributed by atoms with van der Waals surface area (Å²) in [5.41, 5.74) is 5.57. The minimum absolute atomic E-state index is 0.0874. The Balaban J connectivity index is 2.24. The number of hydrogen-bond donors (Lipinski definition) is 3. The zero-order valence-corrected chi connectivity index (χ0v) is 7.53. The Kier molecular flexibility index (Phi) is 1.99. The number of carbonyl (C=O) groups is 1. The highest BCUT2D eigenvalue weighted by Crippen LogP contribution is 2.24. The number of carboxylic acid groups (broad SMARTS) is 1. The molecule has 74 valence electrons. The number of rotatable bonds is 3. The first-order chi connectivity index (χ1) is 6.66. The maximum absolute atomic E-state index is 10.7. The third-order valence-corrected chi connectivity index (χ3v) is 2.06. The number of nitrogens with zero attached hydrogens (tertiary/aromatic N) is 1. The Morgan fingerprint density at radius 3 is 2.86 bits per heavy atom. The number of anilines is 2. The van der Waals surface area contributed by atoms with Gasteiger partial charge in [-0.1, -0.05) is 0 Å². The van der Waals surface area contributed by atoms with Gasteiger partial charge in [0, 0.05) is 6.04 Å². The molecule has 2 rings (SSSR count). The van der Waals surface area contributed by atoms with Crippen molar-refractivity contribution in [1.82, 2.24) is 4.98 Å². The van der Waals surface area contributed by atoms with Crippen molar-refractivity contribution in [2.24, 2.45) is 0 Å². The van der Waals surface area contributed by atoms with Crippen LogP contribution in [0.1, 0.15) is 23.3 Å². The Morgan fingerprint density at radius 2 is 2.29 bits per heavy atom. The third-order valence-electron chi connectivity index (χ3n) is 2.06. The van der Waals surface area contributed by atoms with Gasteiger partial charge in [-0.05, 0) is 25.0 Å². The van der Waals surface area contributed by atoms with Crippen LogP contribution >= 0.6 is 0 Å². The normalized spacial score (nSPS) is 15.1. The summed E-state index contributed by atoms with van der Waals surface area (Å²) in [6.07, 6.45) is 2.24. The lowest BCUT2D eigenvalue weighted by Gasteiger charge is -2.05. The highest BCUT2D eigenvalue weighted by molar-refractivity contribution is 5.91. The molecule has 0 atom stereocenters. The predicted molar refractivity (Wildman–Crippen MR) is 52.3 cm³/mol. The minimum atomic E-state index is -1.10. The number of pyridine rings is 1. The first-order valence-electron chi connectivity index (χ1n) is 4.43. The summed E-state index contributed by atoms with van der Waals surface area (Å²) >= 11 is 0. The van der Waals surface area contributed by atoms with E-state index in [9.17, 15) is 4.79 Å². The lowest BCUT2D eigenvalue weighted by atomic mass is 10.3. The molecular weight excluding hydrogens is 182 g/mol. The zero-order valence-electron chi connectivity index (χ0n) is 7.53. The van der Waals surface area contributed by atoms with Gasteiger partial charge in [0.15, 0.2) is 5.69 Å². The first-order valence-corrected chi connectivity index (χ1v) is 4.43. The summed E-state index contributed by atoms with van der Waals surface area (Å²) in [7, 11) is 0. The lowest BCUT2D eigenvalue weighted by molar-refractivity contribution is 0.0692. The number of aromatic nitrogens is 1. The first kappa shape index (κ1) is 8.80. The fourth-order valence-corrected chi connectivity index (χ4v) is 1.16. The number of nitrogens with one attached hydrogen (secondary N) is 1. The number of aromatic carboxylic acids is 1. The summed E-state index contributed by atoms with van der Waals surface area (Å²) < 4.78 is 0. The molecule has 14 heavy (non-hydrogen) atoms. The van der Waals surface area contributed by atoms with Crippen molar-refractivity contribution >= 4 is 17.5 Å². The van der Waals surface area contributed by atoms with Crippen LogP contribution < -0.4 is 11.1 Å². The fourth-order valence-electron chi connectivity index (χ4n) is 1.16. The van der Waals surface area contributed by atoms with E-state index in [4.69, 9.17) is 10.8 Å². The van der Waals surface area contributed by atoms with Crippen LogP contribution in [0, 0.1) is 0 Å². The molecule has 1 aromatic rings. The maximum Gasteiger partial charge on any atom is 0.356 e. The molecule has 0 aliphatic heterocycles. The molecule has 1 aromatic heterocycles. The summed E-state index contributed by atoms with van der Waals surface area (Å²) in [6.45, 7) is 0. The molecule has 0 radical (unpaired) electrons. The average Bonchev–Trinajstić information content (AvgIpc) is 2.92. The second-order valence-corrected chi connectivity index (χ2v) is 3.36. The van der Waals surface area contributed by atoms with Gasteiger partial charge in [-0.25, -0.2) is 9.78 Å². The topological polar surface area (TPSA) is 88.2 Å². The highest BCUT2D eigenvalue weighted by Gasteiger charge is 2.22. The number of nitrogen functional groups attached to an aromatic ring is 1. The zero-order chi connectivity index (χ0) is 10.1. The van der Waals surface area contributed by atoms with Gasteiger partial charge in [0.2, 0.25) is 0 Å². The Hall–Kier alpha value is -1.78. The van der Waals surface area contributed by atoms with Gasteiger partial charge in [-0.15, -0.1) is 0 Å². The van der Waals surface area contributed by atoms with Crippen LogP contribution in [0.2, 0.25) is 0 Å². The van der Waals surface area contributed by atoms with Gasteiger partial charge < -0.3 is 16.2 Å². The SMILES string of the molecule is Nc1ccc(NC2CC2)nc1C(=O)O. The molecule has 5 nitrogen and oxygen atoms in total. The predicted octanol–water partition coefficient (Wildman–Crippen LogP) is 0.936. The van der Waals surface area contributed by atoms with Crippen LogP contribution in [0.3, 0.4) is 0 Å². The van der Waals surface area contributed by atoms with Crippen molar-refractivity contribution in [2.45, 2.75) is 18.9 Å². The number of hydrogen-bond acceptors (Lipinski definition) is 4. The molecular formula is C9H11N3O2. The van der Waals surface area contributed by atoms with Gasteiger partial charge in [-0.2, -0.15) is 0 Å². The monoisotopic (exact) mass is 193 g/mol. The van der Waals surface area contributed by atoms with Crippen LogP contribution in [0.5, 0.6) is 0 Å². The van der Waals surface area contributed by atoms with Crippen molar-refractivity contribution in [2.75, 3.05) is 11.1 Å². The number of nitrogens with two attached hydrogens (primary N) is 1. The van der Waals surface area contributed by atoms with E-state index in [2.05, 4.69) is 10.3 Å². The second-order valence-electron chi connectivity index (χ2n) is 3.36. The average molecular weight is 193 g/mol. The maximum atomic E-state index is 10.7. The van der Waals surface area contributed by atoms with Gasteiger partial charge in [-0.3, -0.25) is 0 Å². The summed E-state index contributed by atoms with van der Waals surface area (Å²) in [5.74, 6) is -0.513. The summed E-state index contributed by atoms with van der Waals surface area (Å²) in [5, 5.41) is 11.9. The van der Waals surface area contributed by atoms with Crippen molar-refractivity contribution in [3.05, 3.63) is 17.8 Å². The molecule has 1 heterocycles. The molecule has 1 saturated carbocycles. The molecule has 0 bridgehead atoms. The van der Waals surface area contributed by atoms with E-state index in [1.807, 2.05) is 0 Å². The van der Waals surface area contributed by atoms with E-state index < -0.39 is 5.97 Å². The number of carboxylic acids is 1. The highest BCUT2D eigenvalue weighted by atomic mass is 16.4. The van der Waals surface area contributed by atoms with Gasteiger partial charge in [0.25, 0.3) is 0 Å². The van der Waals surface area contributed by atoms with Crippen molar-refractivity contribution < 1.29 is 9.90 Å². The molecule has 1 aliphatic rings. The van der Waals surface area contributed by atoms with E-state index in [0.717, 1.165) is 12.8 Å². The van der Waals surface area contributed by atoms with Crippen molar-refractivity contribution in [3.63, 3.8) is 0 Å². The Bertz CT molecular complexity index is 374. The van der Waals surface area contributed by atoms with Crippen molar-refractivity contribution in [3.8, 4) is 0 Å². The lowest BCUT2D eigenvalue weighted by Crippen LogP contribution is -2.09. The molecule has 0 saturated heterocycles. The van der Waals surface area contributed by atoms with Crippen LogP contribution in [0.25, 0.3) is 0 Å². The van der Waals surface area contributed by atoms with E-state index in [-0.39, 0.29) is 11.4 Å². The fraction of sp³-hybridized carbons (Fsp3) is 0.333. The third kappa shape index (κ3) is 1.76. The van der Waals surface area contributed by atoms with E-state index in [0.29, 0.717) is 11.9 Å². The van der Waals surface area contributed by atoms with Gasteiger partial charge >= 0.3 is 5.97 Å². The molecule has 0 aromatic carbocycles. The second kappa shape index (κ2) is 3.17. The Morgan fingerprint density at radius 1 is 1.57 bits per heavy atom. The van der Waals surface area contributed by atoms with Gasteiger partial charge in [0.1, 0.15) is 5.82 Å². The van der Waals surface area contributed by atoms with E-state index >= 15 is 0 Å². The summed E-state index contributed by atoms with van der Waals surface area (Å²) in [4.78, 5) is 14.6. The van der Waals surface area contributed by atoms with Crippen LogP contribution in [-0.2, 0) is 0 Å². The Labute approximate surface area is 81.0 Å². The minimum Gasteiger partial charge on any atom is -0.476 e. The molecule has 1 aliphatic carbocycles. The molecule has 0 spiro atoms. The molecule has 0 unspecified atom stereocenters. The largest absolute Gasteiger partial charge is 0.476 e. The van der Waals surface area contributed by atoms with E-state index in [1.54, 1.807) is 12.1 Å². The molecule has 5 heteroatoms. The molecule has 4 N–H and O–H groups in total. The van der Waals surface area contributed by atoms with Crippen LogP contribution in [0.15, 0.2) is 12.1 Å². The smallest absolute Gasteiger partial charge is 0.356 e. The molecule has 1 fully saturated rings.